The molecule has 0 saturated carbocycles. The van der Waals surface area contributed by atoms with Gasteiger partial charge >= 0.3 is 5.97 Å². The number of hydrogen-bond acceptors (Lipinski definition) is 3. The minimum atomic E-state index is -0.856. The van der Waals surface area contributed by atoms with Gasteiger partial charge in [-0.05, 0) is 43.5 Å². The van der Waals surface area contributed by atoms with Crippen molar-refractivity contribution in [2.75, 3.05) is 20.1 Å². The van der Waals surface area contributed by atoms with Gasteiger partial charge in [-0.1, -0.05) is 24.3 Å². The van der Waals surface area contributed by atoms with Crippen LogP contribution < -0.4 is 5.73 Å². The number of nitrogens with zero attached hydrogens (tertiary/aromatic N) is 1. The van der Waals surface area contributed by atoms with Crippen LogP contribution in [0.4, 0.5) is 0 Å². The van der Waals surface area contributed by atoms with Gasteiger partial charge in [-0.2, -0.15) is 0 Å². The Kier molecular flexibility index (Phi) is 4.56. The van der Waals surface area contributed by atoms with Gasteiger partial charge in [-0.25, -0.2) is 0 Å². The number of carboxylic acid groups (broad SMARTS) is 1. The van der Waals surface area contributed by atoms with Crippen molar-refractivity contribution in [3.8, 4) is 0 Å². The third kappa shape index (κ3) is 3.78. The molecule has 0 amide bonds. The van der Waals surface area contributed by atoms with Crippen molar-refractivity contribution >= 4 is 5.97 Å². The van der Waals surface area contributed by atoms with Gasteiger partial charge in [0.2, 0.25) is 0 Å². The number of benzene rings is 1. The summed E-state index contributed by atoms with van der Waals surface area (Å²) in [5.74, 6) is -0.269. The summed E-state index contributed by atoms with van der Waals surface area (Å²) in [5.41, 5.74) is 8.09. The zero-order chi connectivity index (χ0) is 13.8. The van der Waals surface area contributed by atoms with Crippen LogP contribution in [0.5, 0.6) is 0 Å². The fraction of sp³-hybridized carbons (Fsp3) is 0.533. The fourth-order valence-corrected chi connectivity index (χ4v) is 2.76. The van der Waals surface area contributed by atoms with Crippen molar-refractivity contribution in [1.29, 1.82) is 0 Å². The minimum Gasteiger partial charge on any atom is -0.481 e. The number of piperidine rings is 1. The van der Waals surface area contributed by atoms with Gasteiger partial charge in [0, 0.05) is 12.6 Å². The summed E-state index contributed by atoms with van der Waals surface area (Å²) < 4.78 is 0. The molecular formula is C15H22N2O2. The number of carbonyl (C=O) groups is 1. The number of nitrogens with two attached hydrogens (primary N) is 1. The third-order valence-electron chi connectivity index (χ3n) is 3.86. The SMILES string of the molecule is CN1CCCC(c2ccc(C(N)CC(=O)O)cc2)C1. The van der Waals surface area contributed by atoms with Crippen molar-refractivity contribution in [3.63, 3.8) is 0 Å². The van der Waals surface area contributed by atoms with Gasteiger partial charge in [-0.3, -0.25) is 4.79 Å². The fourth-order valence-electron chi connectivity index (χ4n) is 2.76. The molecule has 4 nitrogen and oxygen atoms in total. The lowest BCUT2D eigenvalue weighted by Crippen LogP contribution is -2.30. The summed E-state index contributed by atoms with van der Waals surface area (Å²) in [7, 11) is 2.16. The monoisotopic (exact) mass is 262 g/mol. The lowest BCUT2D eigenvalue weighted by atomic mass is 9.89. The topological polar surface area (TPSA) is 66.6 Å². The number of aliphatic carboxylic acids is 1. The van der Waals surface area contributed by atoms with Crippen molar-refractivity contribution < 1.29 is 9.90 Å². The van der Waals surface area contributed by atoms with Gasteiger partial charge in [-0.15, -0.1) is 0 Å². The van der Waals surface area contributed by atoms with Crippen molar-refractivity contribution in [2.24, 2.45) is 5.73 Å². The predicted octanol–water partition coefficient (Wildman–Crippen LogP) is 1.97. The molecule has 1 fully saturated rings. The first kappa shape index (κ1) is 14.0. The Morgan fingerprint density at radius 1 is 1.47 bits per heavy atom. The maximum atomic E-state index is 10.6. The predicted molar refractivity (Wildman–Crippen MR) is 75.1 cm³/mol. The molecule has 0 bridgehead atoms. The quantitative estimate of drug-likeness (QED) is 0.870. The molecule has 0 aromatic heterocycles. The minimum absolute atomic E-state index is 0.0223. The Morgan fingerprint density at radius 2 is 2.16 bits per heavy atom. The van der Waals surface area contributed by atoms with Crippen LogP contribution in [0, 0.1) is 0 Å². The van der Waals surface area contributed by atoms with E-state index in [0.717, 1.165) is 12.1 Å². The van der Waals surface area contributed by atoms with E-state index in [2.05, 4.69) is 24.1 Å². The molecule has 0 aliphatic carbocycles. The number of likely N-dealkylation sites (N-methyl/N-ethyl adjacent to an activating group) is 1. The largest absolute Gasteiger partial charge is 0.481 e. The summed E-state index contributed by atoms with van der Waals surface area (Å²) in [4.78, 5) is 13.0. The highest BCUT2D eigenvalue weighted by atomic mass is 16.4. The molecule has 4 heteroatoms. The van der Waals surface area contributed by atoms with Crippen LogP contribution in [-0.4, -0.2) is 36.1 Å². The highest BCUT2D eigenvalue weighted by Gasteiger charge is 2.19. The smallest absolute Gasteiger partial charge is 0.305 e. The molecule has 2 atom stereocenters. The summed E-state index contributed by atoms with van der Waals surface area (Å²) in [6.45, 7) is 2.28. The van der Waals surface area contributed by atoms with Gasteiger partial charge in [0.15, 0.2) is 0 Å². The molecule has 2 rings (SSSR count). The van der Waals surface area contributed by atoms with E-state index in [1.807, 2.05) is 12.1 Å². The molecule has 1 aromatic carbocycles. The molecule has 1 saturated heterocycles. The van der Waals surface area contributed by atoms with Crippen molar-refractivity contribution in [2.45, 2.75) is 31.2 Å². The number of rotatable bonds is 4. The highest BCUT2D eigenvalue weighted by Crippen LogP contribution is 2.27. The molecule has 19 heavy (non-hydrogen) atoms. The maximum absolute atomic E-state index is 10.6. The summed E-state index contributed by atoms with van der Waals surface area (Å²) >= 11 is 0. The number of hydrogen-bond donors (Lipinski definition) is 2. The Labute approximate surface area is 114 Å². The summed E-state index contributed by atoms with van der Waals surface area (Å²) in [6, 6.07) is 7.72. The first-order valence-electron chi connectivity index (χ1n) is 6.82. The average molecular weight is 262 g/mol. The Balaban J connectivity index is 2.03. The Bertz CT molecular complexity index is 430. The lowest BCUT2D eigenvalue weighted by Gasteiger charge is -2.30. The molecule has 1 heterocycles. The second kappa shape index (κ2) is 6.17. The van der Waals surface area contributed by atoms with Crippen LogP contribution in [0.15, 0.2) is 24.3 Å². The van der Waals surface area contributed by atoms with Crippen LogP contribution in [0.3, 0.4) is 0 Å². The van der Waals surface area contributed by atoms with E-state index in [0.29, 0.717) is 5.92 Å². The average Bonchev–Trinajstić information content (AvgIpc) is 2.38. The van der Waals surface area contributed by atoms with Gasteiger partial charge in [0.1, 0.15) is 0 Å². The maximum Gasteiger partial charge on any atom is 0.305 e. The van der Waals surface area contributed by atoms with E-state index < -0.39 is 12.0 Å². The number of likely N-dealkylation sites (tertiary alicyclic amines) is 1. The van der Waals surface area contributed by atoms with Gasteiger partial charge in [0.05, 0.1) is 6.42 Å². The molecule has 0 radical (unpaired) electrons. The first-order chi connectivity index (χ1) is 9.06. The van der Waals surface area contributed by atoms with Crippen LogP contribution in [0.1, 0.15) is 42.3 Å². The van der Waals surface area contributed by atoms with E-state index in [1.165, 1.54) is 24.9 Å². The molecule has 1 aliphatic rings. The second-order valence-electron chi connectivity index (χ2n) is 5.47. The highest BCUT2D eigenvalue weighted by molar-refractivity contribution is 5.67. The third-order valence-corrected chi connectivity index (χ3v) is 3.86. The van der Waals surface area contributed by atoms with Crippen LogP contribution in [0.2, 0.25) is 0 Å². The normalized spacial score (nSPS) is 22.1. The lowest BCUT2D eigenvalue weighted by molar-refractivity contribution is -0.137. The van der Waals surface area contributed by atoms with Crippen LogP contribution >= 0.6 is 0 Å². The Hall–Kier alpha value is -1.39. The molecule has 104 valence electrons. The Morgan fingerprint density at radius 3 is 2.74 bits per heavy atom. The number of carboxylic acids is 1. The molecular weight excluding hydrogens is 240 g/mol. The van der Waals surface area contributed by atoms with Gasteiger partial charge < -0.3 is 15.7 Å². The molecule has 2 unspecified atom stereocenters. The summed E-state index contributed by atoms with van der Waals surface area (Å²) in [5, 5.41) is 8.75. The van der Waals surface area contributed by atoms with E-state index in [9.17, 15) is 4.79 Å². The van der Waals surface area contributed by atoms with E-state index in [4.69, 9.17) is 10.8 Å². The molecule has 1 aliphatic heterocycles. The standard InChI is InChI=1S/C15H22N2O2/c1-17-8-2-3-13(10-17)11-4-6-12(7-5-11)14(16)9-15(18)19/h4-7,13-14H,2-3,8-10,16H2,1H3,(H,18,19). The van der Waals surface area contributed by atoms with Crippen LogP contribution in [-0.2, 0) is 4.79 Å². The first-order valence-corrected chi connectivity index (χ1v) is 6.82. The van der Waals surface area contributed by atoms with E-state index >= 15 is 0 Å². The zero-order valence-electron chi connectivity index (χ0n) is 11.4. The van der Waals surface area contributed by atoms with Crippen LogP contribution in [0.25, 0.3) is 0 Å². The second-order valence-corrected chi connectivity index (χ2v) is 5.47. The van der Waals surface area contributed by atoms with Crippen molar-refractivity contribution in [3.05, 3.63) is 35.4 Å². The van der Waals surface area contributed by atoms with Crippen molar-refractivity contribution in [1.82, 2.24) is 4.90 Å². The molecule has 1 aromatic rings. The molecule has 0 spiro atoms. The van der Waals surface area contributed by atoms with Gasteiger partial charge in [0.25, 0.3) is 0 Å². The summed E-state index contributed by atoms with van der Waals surface area (Å²) in [6.07, 6.45) is 2.44. The van der Waals surface area contributed by atoms with E-state index in [1.54, 1.807) is 0 Å². The molecule has 3 N–H and O–H groups in total. The van der Waals surface area contributed by atoms with E-state index in [-0.39, 0.29) is 6.42 Å². The zero-order valence-corrected chi connectivity index (χ0v) is 11.4.